The molecule has 3 amide bonds. The molecule has 0 atom stereocenters. The quantitative estimate of drug-likeness (QED) is 0.731. The number of rotatable bonds is 1. The largest absolute Gasteiger partial charge is 0.436 e. The number of morpholine rings is 1. The number of urea groups is 1. The van der Waals surface area contributed by atoms with Crippen LogP contribution in [0.4, 0.5) is 9.59 Å². The molecular weight excluding hydrogens is 286 g/mol. The Balaban J connectivity index is 1.62. The molecule has 3 aliphatic rings. The van der Waals surface area contributed by atoms with Gasteiger partial charge in [0.2, 0.25) is 0 Å². The minimum Gasteiger partial charge on any atom is -0.436 e. The number of hydrogen-bond donors (Lipinski definition) is 0. The van der Waals surface area contributed by atoms with Gasteiger partial charge in [0.25, 0.3) is 0 Å². The van der Waals surface area contributed by atoms with Gasteiger partial charge in [-0.25, -0.2) is 9.59 Å². The molecule has 7 nitrogen and oxygen atoms in total. The highest BCUT2D eigenvalue weighted by Crippen LogP contribution is 2.40. The first-order chi connectivity index (χ1) is 10.6. The fourth-order valence-electron chi connectivity index (χ4n) is 3.36. The number of hydrogen-bond acceptors (Lipinski definition) is 4. The van der Waals surface area contributed by atoms with E-state index in [1.54, 1.807) is 4.90 Å². The minimum atomic E-state index is -0.616. The lowest BCUT2D eigenvalue weighted by Gasteiger charge is -2.40. The number of carbonyl (C=O) groups is 2. The fourth-order valence-corrected chi connectivity index (χ4v) is 3.36. The lowest BCUT2D eigenvalue weighted by Crippen LogP contribution is -2.53. The van der Waals surface area contributed by atoms with E-state index in [9.17, 15) is 9.59 Å². The average molecular weight is 309 g/mol. The fraction of sp³-hybridized carbons (Fsp3) is 0.733. The van der Waals surface area contributed by atoms with E-state index in [-0.39, 0.29) is 12.1 Å². The van der Waals surface area contributed by atoms with Crippen molar-refractivity contribution in [1.82, 2.24) is 14.7 Å². The molecule has 0 aromatic heterocycles. The summed E-state index contributed by atoms with van der Waals surface area (Å²) in [5.74, 6) is 0. The third kappa shape index (κ3) is 2.43. The van der Waals surface area contributed by atoms with Crippen molar-refractivity contribution in [1.29, 1.82) is 0 Å². The van der Waals surface area contributed by atoms with Crippen LogP contribution in [0.25, 0.3) is 0 Å². The van der Waals surface area contributed by atoms with Crippen LogP contribution in [-0.2, 0) is 9.47 Å². The van der Waals surface area contributed by atoms with Gasteiger partial charge in [0.1, 0.15) is 0 Å². The van der Waals surface area contributed by atoms with Gasteiger partial charge in [0.05, 0.1) is 18.9 Å². The Bertz CT molecular complexity index is 479. The molecule has 3 heterocycles. The van der Waals surface area contributed by atoms with Crippen LogP contribution in [0.15, 0.2) is 12.3 Å². The predicted molar refractivity (Wildman–Crippen MR) is 79.3 cm³/mol. The minimum absolute atomic E-state index is 0.0560. The van der Waals surface area contributed by atoms with Crippen LogP contribution < -0.4 is 0 Å². The summed E-state index contributed by atoms with van der Waals surface area (Å²) in [4.78, 5) is 29.6. The molecule has 22 heavy (non-hydrogen) atoms. The zero-order valence-corrected chi connectivity index (χ0v) is 13.0. The van der Waals surface area contributed by atoms with Gasteiger partial charge in [-0.05, 0) is 6.92 Å². The van der Waals surface area contributed by atoms with Crippen molar-refractivity contribution in [2.45, 2.75) is 25.4 Å². The molecule has 0 bridgehead atoms. The van der Waals surface area contributed by atoms with Crippen molar-refractivity contribution in [3.05, 3.63) is 12.3 Å². The van der Waals surface area contributed by atoms with Crippen molar-refractivity contribution < 1.29 is 19.1 Å². The van der Waals surface area contributed by atoms with Crippen molar-refractivity contribution >= 4 is 12.1 Å². The van der Waals surface area contributed by atoms with Crippen LogP contribution in [-0.4, -0.2) is 78.4 Å². The summed E-state index contributed by atoms with van der Waals surface area (Å²) < 4.78 is 10.9. The van der Waals surface area contributed by atoms with Crippen LogP contribution in [0, 0.1) is 0 Å². The standard InChI is InChI=1S/C15H23N3O4/c1-3-18-12(2)15(22-14(18)20)4-6-16(7-5-15)13(19)17-8-10-21-11-9-17/h2-11H2,1H3. The molecule has 3 aliphatic heterocycles. The zero-order chi connectivity index (χ0) is 15.7. The van der Waals surface area contributed by atoms with Gasteiger partial charge in [-0.3, -0.25) is 4.90 Å². The lowest BCUT2D eigenvalue weighted by molar-refractivity contribution is 0.00949. The molecule has 0 N–H and O–H groups in total. The van der Waals surface area contributed by atoms with Crippen molar-refractivity contribution in [2.24, 2.45) is 0 Å². The van der Waals surface area contributed by atoms with E-state index in [1.165, 1.54) is 0 Å². The number of carbonyl (C=O) groups excluding carboxylic acids is 2. The molecule has 7 heteroatoms. The third-order valence-electron chi connectivity index (χ3n) is 4.79. The van der Waals surface area contributed by atoms with Crippen molar-refractivity contribution in [2.75, 3.05) is 45.9 Å². The van der Waals surface area contributed by atoms with E-state index in [4.69, 9.17) is 9.47 Å². The Labute approximate surface area is 130 Å². The average Bonchev–Trinajstić information content (AvgIpc) is 2.78. The zero-order valence-electron chi connectivity index (χ0n) is 13.0. The van der Waals surface area contributed by atoms with Crippen LogP contribution in [0.1, 0.15) is 19.8 Å². The Morgan fingerprint density at radius 1 is 1.18 bits per heavy atom. The first-order valence-electron chi connectivity index (χ1n) is 7.89. The van der Waals surface area contributed by atoms with E-state index in [2.05, 4.69) is 6.58 Å². The summed E-state index contributed by atoms with van der Waals surface area (Å²) >= 11 is 0. The second-order valence-corrected chi connectivity index (χ2v) is 5.92. The van der Waals surface area contributed by atoms with E-state index < -0.39 is 5.60 Å². The first-order valence-corrected chi connectivity index (χ1v) is 7.89. The normalized spacial score (nSPS) is 24.9. The summed E-state index contributed by atoms with van der Waals surface area (Å²) in [6.45, 7) is 10.2. The second-order valence-electron chi connectivity index (χ2n) is 5.92. The number of nitrogens with zero attached hydrogens (tertiary/aromatic N) is 3. The molecule has 0 aromatic rings. The number of ether oxygens (including phenoxy) is 2. The Hall–Kier alpha value is -1.76. The van der Waals surface area contributed by atoms with Gasteiger partial charge in [-0.15, -0.1) is 0 Å². The summed E-state index contributed by atoms with van der Waals surface area (Å²) in [5, 5.41) is 0. The van der Waals surface area contributed by atoms with E-state index in [0.29, 0.717) is 58.8 Å². The second kappa shape index (κ2) is 5.79. The molecule has 3 saturated heterocycles. The molecule has 122 valence electrons. The summed E-state index contributed by atoms with van der Waals surface area (Å²) in [6, 6.07) is 0.0560. The Morgan fingerprint density at radius 2 is 1.77 bits per heavy atom. The van der Waals surface area contributed by atoms with Gasteiger partial charge in [-0.2, -0.15) is 0 Å². The van der Waals surface area contributed by atoms with Gasteiger partial charge in [-0.1, -0.05) is 6.58 Å². The third-order valence-corrected chi connectivity index (χ3v) is 4.79. The van der Waals surface area contributed by atoms with Crippen molar-refractivity contribution in [3.8, 4) is 0 Å². The highest BCUT2D eigenvalue weighted by molar-refractivity contribution is 5.76. The molecule has 3 fully saturated rings. The molecule has 0 radical (unpaired) electrons. The van der Waals surface area contributed by atoms with Crippen LogP contribution in [0.3, 0.4) is 0 Å². The molecule has 3 rings (SSSR count). The van der Waals surface area contributed by atoms with Gasteiger partial charge in [0.15, 0.2) is 5.60 Å². The van der Waals surface area contributed by atoms with E-state index >= 15 is 0 Å². The van der Waals surface area contributed by atoms with Crippen molar-refractivity contribution in [3.63, 3.8) is 0 Å². The smallest absolute Gasteiger partial charge is 0.415 e. The molecular formula is C15H23N3O4. The maximum absolute atomic E-state index is 12.5. The molecule has 0 aromatic carbocycles. The molecule has 0 unspecified atom stereocenters. The van der Waals surface area contributed by atoms with Gasteiger partial charge in [0, 0.05) is 45.6 Å². The molecule has 1 spiro atoms. The van der Waals surface area contributed by atoms with Crippen LogP contribution >= 0.6 is 0 Å². The molecule has 0 aliphatic carbocycles. The summed E-state index contributed by atoms with van der Waals surface area (Å²) in [5.41, 5.74) is 0.119. The number of likely N-dealkylation sites (N-methyl/N-ethyl adjacent to an activating group) is 1. The van der Waals surface area contributed by atoms with Crippen LogP contribution in [0.2, 0.25) is 0 Å². The molecule has 0 saturated carbocycles. The van der Waals surface area contributed by atoms with E-state index in [1.807, 2.05) is 16.7 Å². The number of likely N-dealkylation sites (tertiary alicyclic amines) is 1. The summed E-state index contributed by atoms with van der Waals surface area (Å²) in [7, 11) is 0. The topological polar surface area (TPSA) is 62.3 Å². The van der Waals surface area contributed by atoms with Gasteiger partial charge < -0.3 is 19.3 Å². The van der Waals surface area contributed by atoms with E-state index in [0.717, 1.165) is 5.70 Å². The van der Waals surface area contributed by atoms with Crippen LogP contribution in [0.5, 0.6) is 0 Å². The highest BCUT2D eigenvalue weighted by Gasteiger charge is 2.50. The number of amides is 3. The summed E-state index contributed by atoms with van der Waals surface area (Å²) in [6.07, 6.45) is 0.911. The predicted octanol–water partition coefficient (Wildman–Crippen LogP) is 1.26. The Morgan fingerprint density at radius 3 is 2.32 bits per heavy atom. The maximum Gasteiger partial charge on any atom is 0.415 e. The highest BCUT2D eigenvalue weighted by atomic mass is 16.6. The number of piperidine rings is 1. The Kier molecular flexibility index (Phi) is 3.99. The van der Waals surface area contributed by atoms with Gasteiger partial charge >= 0.3 is 12.1 Å². The lowest BCUT2D eigenvalue weighted by atomic mass is 9.88. The first kappa shape index (κ1) is 15.1. The monoisotopic (exact) mass is 309 g/mol. The SMILES string of the molecule is C=C1N(CC)C(=O)OC12CCN(C(=O)N1CCOCC1)CC2. The maximum atomic E-state index is 12.5.